The number of pyridine rings is 1. The molecule has 2 amide bonds. The van der Waals surface area contributed by atoms with Crippen molar-refractivity contribution < 1.29 is 4.79 Å². The minimum atomic E-state index is -0.369. The van der Waals surface area contributed by atoms with Gasteiger partial charge >= 0.3 is 6.03 Å². The molecule has 0 aliphatic heterocycles. The van der Waals surface area contributed by atoms with Crippen molar-refractivity contribution in [3.05, 3.63) is 48.2 Å². The molecule has 2 aromatic rings. The van der Waals surface area contributed by atoms with E-state index >= 15 is 0 Å². The van der Waals surface area contributed by atoms with Crippen LogP contribution in [0.15, 0.2) is 42.6 Å². The Morgan fingerprint density at radius 3 is 2.78 bits per heavy atom. The average molecular weight is 242 g/mol. The van der Waals surface area contributed by atoms with Crippen molar-refractivity contribution in [3.8, 4) is 0 Å². The smallest absolute Gasteiger partial charge is 0.324 e. The lowest BCUT2D eigenvalue weighted by atomic mass is 10.2. The molecule has 5 nitrogen and oxygen atoms in total. The summed E-state index contributed by atoms with van der Waals surface area (Å²) in [5, 5.41) is 5.30. The van der Waals surface area contributed by atoms with Crippen molar-refractivity contribution in [1.82, 2.24) is 4.98 Å². The molecule has 92 valence electrons. The van der Waals surface area contributed by atoms with E-state index in [9.17, 15) is 4.79 Å². The number of nitrogens with zero attached hydrogens (tertiary/aromatic N) is 1. The first-order valence-corrected chi connectivity index (χ1v) is 5.50. The maximum Gasteiger partial charge on any atom is 0.324 e. The molecule has 0 fully saturated rings. The zero-order valence-electron chi connectivity index (χ0n) is 9.97. The number of carbonyl (C=O) groups excluding carboxylic acids is 1. The average Bonchev–Trinajstić information content (AvgIpc) is 2.32. The molecule has 1 heterocycles. The second kappa shape index (κ2) is 5.18. The number of aryl methyl sites for hydroxylation is 1. The van der Waals surface area contributed by atoms with Crippen LogP contribution in [0.2, 0.25) is 0 Å². The summed E-state index contributed by atoms with van der Waals surface area (Å²) in [6.07, 6.45) is 1.57. The van der Waals surface area contributed by atoms with E-state index in [1.807, 2.05) is 31.2 Å². The van der Waals surface area contributed by atoms with E-state index in [1.54, 1.807) is 18.3 Å². The number of nitrogens with two attached hydrogens (primary N) is 1. The number of hydrogen-bond donors (Lipinski definition) is 3. The molecular formula is C13H14N4O. The van der Waals surface area contributed by atoms with Crippen LogP contribution in [0.5, 0.6) is 0 Å². The molecule has 18 heavy (non-hydrogen) atoms. The fraction of sp³-hybridized carbons (Fsp3) is 0.0769. The molecule has 0 spiro atoms. The number of carbonyl (C=O) groups is 1. The maximum absolute atomic E-state index is 11.7. The molecule has 5 heteroatoms. The Kier molecular flexibility index (Phi) is 3.43. The fourth-order valence-corrected chi connectivity index (χ4v) is 1.51. The molecule has 0 radical (unpaired) electrons. The van der Waals surface area contributed by atoms with Crippen molar-refractivity contribution >= 4 is 23.2 Å². The minimum absolute atomic E-state index is 0.350. The third kappa shape index (κ3) is 2.98. The van der Waals surface area contributed by atoms with Crippen LogP contribution in [0.1, 0.15) is 5.56 Å². The Labute approximate surface area is 105 Å². The number of nitrogen functional groups attached to an aromatic ring is 1. The standard InChI is InChI=1S/C13H14N4O/c1-9-4-2-5-10(8-9)16-13(18)17-12-11(14)6-3-7-15-12/h2-8H,14H2,1H3,(H2,15,16,17,18). The summed E-state index contributed by atoms with van der Waals surface area (Å²) >= 11 is 0. The van der Waals surface area contributed by atoms with Crippen LogP contribution < -0.4 is 16.4 Å². The Morgan fingerprint density at radius 2 is 2.06 bits per heavy atom. The van der Waals surface area contributed by atoms with E-state index in [1.165, 1.54) is 0 Å². The lowest BCUT2D eigenvalue weighted by Crippen LogP contribution is -2.20. The minimum Gasteiger partial charge on any atom is -0.396 e. The second-order valence-corrected chi connectivity index (χ2v) is 3.89. The number of rotatable bonds is 2. The number of amides is 2. The highest BCUT2D eigenvalue weighted by molar-refractivity contribution is 6.00. The molecule has 0 saturated carbocycles. The van der Waals surface area contributed by atoms with Gasteiger partial charge in [-0.2, -0.15) is 0 Å². The van der Waals surface area contributed by atoms with Gasteiger partial charge in [-0.25, -0.2) is 9.78 Å². The highest BCUT2D eigenvalue weighted by Gasteiger charge is 2.05. The molecule has 1 aromatic carbocycles. The first kappa shape index (κ1) is 11.9. The number of nitrogens with one attached hydrogen (secondary N) is 2. The molecule has 0 bridgehead atoms. The largest absolute Gasteiger partial charge is 0.396 e. The topological polar surface area (TPSA) is 80.0 Å². The van der Waals surface area contributed by atoms with E-state index in [0.29, 0.717) is 11.5 Å². The summed E-state index contributed by atoms with van der Waals surface area (Å²) < 4.78 is 0. The number of hydrogen-bond acceptors (Lipinski definition) is 3. The normalized spacial score (nSPS) is 9.83. The summed E-state index contributed by atoms with van der Waals surface area (Å²) in [5.74, 6) is 0.350. The molecule has 0 aliphatic carbocycles. The summed E-state index contributed by atoms with van der Waals surface area (Å²) in [5.41, 5.74) is 7.91. The van der Waals surface area contributed by atoms with Gasteiger partial charge in [0.1, 0.15) is 0 Å². The Hall–Kier alpha value is -2.56. The van der Waals surface area contributed by atoms with Gasteiger partial charge in [0.05, 0.1) is 5.69 Å². The monoisotopic (exact) mass is 242 g/mol. The fourth-order valence-electron chi connectivity index (χ4n) is 1.51. The molecular weight excluding hydrogens is 228 g/mol. The van der Waals surface area contributed by atoms with E-state index in [0.717, 1.165) is 11.3 Å². The third-order valence-electron chi connectivity index (χ3n) is 2.35. The maximum atomic E-state index is 11.7. The summed E-state index contributed by atoms with van der Waals surface area (Å²) in [6.45, 7) is 1.96. The highest BCUT2D eigenvalue weighted by Crippen LogP contribution is 2.14. The SMILES string of the molecule is Cc1cccc(NC(=O)Nc2ncccc2N)c1. The Bertz CT molecular complexity index is 568. The van der Waals surface area contributed by atoms with Gasteiger partial charge in [-0.15, -0.1) is 0 Å². The summed E-state index contributed by atoms with van der Waals surface area (Å²) in [7, 11) is 0. The van der Waals surface area contributed by atoms with E-state index in [-0.39, 0.29) is 6.03 Å². The molecule has 0 unspecified atom stereocenters. The quantitative estimate of drug-likeness (QED) is 0.757. The molecule has 1 aromatic heterocycles. The van der Waals surface area contributed by atoms with Gasteiger partial charge < -0.3 is 11.1 Å². The zero-order valence-corrected chi connectivity index (χ0v) is 9.97. The van der Waals surface area contributed by atoms with Crippen LogP contribution in [0.3, 0.4) is 0 Å². The van der Waals surface area contributed by atoms with Crippen LogP contribution in [-0.4, -0.2) is 11.0 Å². The van der Waals surface area contributed by atoms with Crippen molar-refractivity contribution in [2.75, 3.05) is 16.4 Å². The molecule has 0 atom stereocenters. The highest BCUT2D eigenvalue weighted by atomic mass is 16.2. The van der Waals surface area contributed by atoms with E-state index in [2.05, 4.69) is 15.6 Å². The summed E-state index contributed by atoms with van der Waals surface area (Å²) in [6, 6.07) is 10.5. The number of anilines is 3. The van der Waals surface area contributed by atoms with Gasteiger partial charge in [0.2, 0.25) is 0 Å². The zero-order chi connectivity index (χ0) is 13.0. The second-order valence-electron chi connectivity index (χ2n) is 3.89. The van der Waals surface area contributed by atoms with E-state index in [4.69, 9.17) is 5.73 Å². The predicted octanol–water partition coefficient (Wildman–Crippen LogP) is 2.62. The van der Waals surface area contributed by atoms with Crippen molar-refractivity contribution in [2.24, 2.45) is 0 Å². The van der Waals surface area contributed by atoms with Crippen LogP contribution in [0.4, 0.5) is 22.0 Å². The van der Waals surface area contributed by atoms with Crippen molar-refractivity contribution in [2.45, 2.75) is 6.92 Å². The molecule has 2 rings (SSSR count). The Morgan fingerprint density at radius 1 is 1.22 bits per heavy atom. The van der Waals surface area contributed by atoms with Crippen LogP contribution in [-0.2, 0) is 0 Å². The molecule has 0 aliphatic rings. The Balaban J connectivity index is 2.03. The van der Waals surface area contributed by atoms with Gasteiger partial charge in [-0.05, 0) is 36.8 Å². The van der Waals surface area contributed by atoms with Crippen LogP contribution >= 0.6 is 0 Å². The summed E-state index contributed by atoms with van der Waals surface area (Å²) in [4.78, 5) is 15.7. The lowest BCUT2D eigenvalue weighted by Gasteiger charge is -2.08. The first-order chi connectivity index (χ1) is 8.65. The number of aromatic nitrogens is 1. The first-order valence-electron chi connectivity index (χ1n) is 5.50. The third-order valence-corrected chi connectivity index (χ3v) is 2.35. The lowest BCUT2D eigenvalue weighted by molar-refractivity contribution is 0.262. The number of urea groups is 1. The molecule has 0 saturated heterocycles. The van der Waals surface area contributed by atoms with E-state index < -0.39 is 0 Å². The van der Waals surface area contributed by atoms with Crippen LogP contribution in [0.25, 0.3) is 0 Å². The predicted molar refractivity (Wildman–Crippen MR) is 72.5 cm³/mol. The number of benzene rings is 1. The van der Waals surface area contributed by atoms with Crippen molar-refractivity contribution in [1.29, 1.82) is 0 Å². The van der Waals surface area contributed by atoms with Gasteiger partial charge in [0.15, 0.2) is 5.82 Å². The van der Waals surface area contributed by atoms with Gasteiger partial charge in [0, 0.05) is 11.9 Å². The van der Waals surface area contributed by atoms with Crippen LogP contribution in [0, 0.1) is 6.92 Å². The van der Waals surface area contributed by atoms with Gasteiger partial charge in [-0.1, -0.05) is 12.1 Å². The van der Waals surface area contributed by atoms with Gasteiger partial charge in [-0.3, -0.25) is 5.32 Å². The molecule has 4 N–H and O–H groups in total. The van der Waals surface area contributed by atoms with Gasteiger partial charge in [0.25, 0.3) is 0 Å². The van der Waals surface area contributed by atoms with Crippen molar-refractivity contribution in [3.63, 3.8) is 0 Å².